The topological polar surface area (TPSA) is 178 Å². The third-order valence-corrected chi connectivity index (χ3v) is 11.3. The summed E-state index contributed by atoms with van der Waals surface area (Å²) in [6, 6.07) is 0. The van der Waals surface area contributed by atoms with Crippen molar-refractivity contribution < 1.29 is 56.2 Å². The van der Waals surface area contributed by atoms with Crippen molar-refractivity contribution in [2.75, 3.05) is 26.4 Å². The number of aliphatic hydroxyl groups excluding tert-OH is 3. The molecule has 13 heteroatoms. The number of hydrogen-bond donors (Lipinski definition) is 4. The third-order valence-electron chi connectivity index (χ3n) is 10.9. The monoisotopic (exact) mass is 975 g/mol. The first kappa shape index (κ1) is 62.8. The lowest BCUT2D eigenvalue weighted by atomic mass is 9.99. The summed E-state index contributed by atoms with van der Waals surface area (Å²) in [5.41, 5.74) is 0. The molecule has 1 fully saturated rings. The largest absolute Gasteiger partial charge is 0.457 e. The summed E-state index contributed by atoms with van der Waals surface area (Å²) in [5, 5.41) is 30.8. The molecule has 0 radical (unpaired) electrons. The van der Waals surface area contributed by atoms with Crippen LogP contribution in [0.3, 0.4) is 0 Å². The molecular weight excluding hydrogens is 885 g/mol. The first-order valence-corrected chi connectivity index (χ1v) is 27.0. The molecule has 1 aliphatic heterocycles. The Hall–Kier alpha value is -3.24. The van der Waals surface area contributed by atoms with Crippen LogP contribution < -0.4 is 0 Å². The standard InChI is InChI=1S/C55H90O12S/c1-3-5-7-9-11-13-15-17-19-21-22-23-24-25-26-27-29-31-33-35-37-39-41-43-45-63-47-49(48-64-55-53(59)54(67-68(60,61)62)52(58)50(46-56)66-55)65-51(57)44-42-40-38-36-34-32-30-28-20-18-16-14-12-10-8-6-4-2/h5,7,11-14,17-20,22-23,25-26,29,31,35,37,49-50,52-56,58-59H,3-4,6,8-10,15-16,21,24,27-28,30,32-34,36,38-48H2,1-2H3,(H,60,61,62)/b7-5-,13-11-,14-12-,19-17-,20-18-,23-22-,26-25-,31-29-,37-35-. The lowest BCUT2D eigenvalue weighted by Gasteiger charge is -2.41. The molecule has 4 N–H and O–H groups in total. The minimum Gasteiger partial charge on any atom is -0.457 e. The number of hydrogen-bond acceptors (Lipinski definition) is 11. The Labute approximate surface area is 411 Å². The molecule has 0 amide bonds. The number of unbranched alkanes of at least 4 members (excludes halogenated alkanes) is 12. The molecule has 0 aromatic carbocycles. The van der Waals surface area contributed by atoms with Gasteiger partial charge in [-0.05, 0) is 103 Å². The van der Waals surface area contributed by atoms with Crippen molar-refractivity contribution in [3.63, 3.8) is 0 Å². The highest BCUT2D eigenvalue weighted by molar-refractivity contribution is 7.80. The van der Waals surface area contributed by atoms with Crippen LogP contribution in [0.5, 0.6) is 0 Å². The van der Waals surface area contributed by atoms with Gasteiger partial charge in [-0.3, -0.25) is 9.35 Å². The summed E-state index contributed by atoms with van der Waals surface area (Å²) in [5.74, 6) is -0.428. The Morgan fingerprint density at radius 1 is 0.574 bits per heavy atom. The van der Waals surface area contributed by atoms with E-state index in [1.807, 2.05) is 0 Å². The molecular formula is C55H90O12S. The van der Waals surface area contributed by atoms with Crippen molar-refractivity contribution in [3.05, 3.63) is 109 Å². The fraction of sp³-hybridized carbons (Fsp3) is 0.655. The molecule has 0 saturated carbocycles. The van der Waals surface area contributed by atoms with E-state index >= 15 is 0 Å². The van der Waals surface area contributed by atoms with Gasteiger partial charge in [-0.1, -0.05) is 168 Å². The van der Waals surface area contributed by atoms with E-state index < -0.39 is 59.8 Å². The van der Waals surface area contributed by atoms with Gasteiger partial charge in [-0.15, -0.1) is 0 Å². The summed E-state index contributed by atoms with van der Waals surface area (Å²) < 4.78 is 59.2. The molecule has 12 nitrogen and oxygen atoms in total. The highest BCUT2D eigenvalue weighted by atomic mass is 32.3. The summed E-state index contributed by atoms with van der Waals surface area (Å²) in [6.07, 6.45) is 54.0. The van der Waals surface area contributed by atoms with Crippen LogP contribution in [-0.4, -0.2) is 97.5 Å². The summed E-state index contributed by atoms with van der Waals surface area (Å²) in [7, 11) is -5.08. The SMILES string of the molecule is CC/C=C\C/C=C\C/C=C\C/C=C\C/C=C\C/C=C\C/C=C\CCCCOCC(COC1OC(CO)C(O)C(OS(=O)(=O)O)C1O)OC(=O)CCCCCCCCC/C=C\C/C=C\CCCCC. The van der Waals surface area contributed by atoms with Crippen LogP contribution in [0.4, 0.5) is 0 Å². The predicted molar refractivity (Wildman–Crippen MR) is 275 cm³/mol. The van der Waals surface area contributed by atoms with Crippen LogP contribution in [0, 0.1) is 0 Å². The highest BCUT2D eigenvalue weighted by Crippen LogP contribution is 2.26. The van der Waals surface area contributed by atoms with Crippen molar-refractivity contribution in [2.24, 2.45) is 0 Å². The first-order valence-electron chi connectivity index (χ1n) is 25.6. The molecule has 1 aliphatic rings. The summed E-state index contributed by atoms with van der Waals surface area (Å²) in [6.45, 7) is 3.71. The number of carbonyl (C=O) groups is 1. The van der Waals surface area contributed by atoms with Gasteiger partial charge in [0.25, 0.3) is 0 Å². The molecule has 6 unspecified atom stereocenters. The molecule has 1 rings (SSSR count). The Morgan fingerprint density at radius 2 is 1.01 bits per heavy atom. The van der Waals surface area contributed by atoms with Gasteiger partial charge in [0.15, 0.2) is 6.29 Å². The van der Waals surface area contributed by atoms with Crippen molar-refractivity contribution in [2.45, 2.75) is 205 Å². The van der Waals surface area contributed by atoms with Crippen molar-refractivity contribution in [1.29, 1.82) is 0 Å². The number of ether oxygens (including phenoxy) is 4. The normalized spacial score (nSPS) is 20.2. The van der Waals surface area contributed by atoms with Crippen molar-refractivity contribution in [3.8, 4) is 0 Å². The minimum atomic E-state index is -5.08. The average Bonchev–Trinajstić information content (AvgIpc) is 3.31. The second-order valence-corrected chi connectivity index (χ2v) is 18.1. The number of allylic oxidation sites excluding steroid dienone is 18. The van der Waals surface area contributed by atoms with E-state index in [0.29, 0.717) is 13.0 Å². The number of rotatable bonds is 43. The second-order valence-electron chi connectivity index (χ2n) is 17.0. The minimum absolute atomic E-state index is 0.00494. The predicted octanol–water partition coefficient (Wildman–Crippen LogP) is 12.0. The number of esters is 1. The van der Waals surface area contributed by atoms with E-state index in [-0.39, 0.29) is 19.6 Å². The van der Waals surface area contributed by atoms with Gasteiger partial charge in [-0.2, -0.15) is 8.42 Å². The van der Waals surface area contributed by atoms with Gasteiger partial charge >= 0.3 is 16.4 Å². The Morgan fingerprint density at radius 3 is 1.49 bits per heavy atom. The summed E-state index contributed by atoms with van der Waals surface area (Å²) >= 11 is 0. The van der Waals surface area contributed by atoms with E-state index in [1.165, 1.54) is 38.5 Å². The van der Waals surface area contributed by atoms with Crippen LogP contribution in [0.1, 0.15) is 168 Å². The van der Waals surface area contributed by atoms with E-state index in [0.717, 1.165) is 103 Å². The van der Waals surface area contributed by atoms with E-state index in [1.54, 1.807) is 0 Å². The average molecular weight is 975 g/mol. The van der Waals surface area contributed by atoms with Crippen LogP contribution in [-0.2, 0) is 38.3 Å². The lowest BCUT2D eigenvalue weighted by molar-refractivity contribution is -0.301. The van der Waals surface area contributed by atoms with Gasteiger partial charge in [0.1, 0.15) is 30.5 Å². The number of aliphatic hydroxyl groups is 3. The number of carbonyl (C=O) groups excluding carboxylic acids is 1. The second kappa shape index (κ2) is 44.9. The smallest absolute Gasteiger partial charge is 0.397 e. The molecule has 0 spiro atoms. The summed E-state index contributed by atoms with van der Waals surface area (Å²) in [4.78, 5) is 12.9. The fourth-order valence-corrected chi connectivity index (χ4v) is 7.54. The fourth-order valence-electron chi connectivity index (χ4n) is 7.03. The first-order chi connectivity index (χ1) is 33.1. The molecule has 0 aromatic rings. The van der Waals surface area contributed by atoms with Gasteiger partial charge in [0.2, 0.25) is 0 Å². The molecule has 0 aliphatic carbocycles. The van der Waals surface area contributed by atoms with Crippen molar-refractivity contribution >= 4 is 16.4 Å². The zero-order valence-electron chi connectivity index (χ0n) is 41.6. The van der Waals surface area contributed by atoms with Gasteiger partial charge in [0.05, 0.1) is 19.8 Å². The van der Waals surface area contributed by atoms with Gasteiger partial charge in [0, 0.05) is 13.0 Å². The zero-order chi connectivity index (χ0) is 49.6. The van der Waals surface area contributed by atoms with Crippen LogP contribution >= 0.6 is 0 Å². The maximum absolute atomic E-state index is 12.9. The molecule has 68 heavy (non-hydrogen) atoms. The van der Waals surface area contributed by atoms with E-state index in [9.17, 15) is 33.1 Å². The molecule has 0 aromatic heterocycles. The molecule has 0 bridgehead atoms. The van der Waals surface area contributed by atoms with Crippen LogP contribution in [0.15, 0.2) is 109 Å². The molecule has 388 valence electrons. The quantitative estimate of drug-likeness (QED) is 0.0197. The third kappa shape index (κ3) is 37.6. The Bertz CT molecular complexity index is 1590. The van der Waals surface area contributed by atoms with Gasteiger partial charge < -0.3 is 34.3 Å². The molecule has 1 saturated heterocycles. The maximum Gasteiger partial charge on any atom is 0.397 e. The maximum atomic E-state index is 12.9. The Balaban J connectivity index is 2.42. The van der Waals surface area contributed by atoms with E-state index in [2.05, 4.69) is 127 Å². The lowest BCUT2D eigenvalue weighted by Crippen LogP contribution is -2.60. The molecule has 1 heterocycles. The Kier molecular flexibility index (Phi) is 41.5. The van der Waals surface area contributed by atoms with Crippen LogP contribution in [0.25, 0.3) is 0 Å². The molecule has 6 atom stereocenters. The van der Waals surface area contributed by atoms with Crippen LogP contribution in [0.2, 0.25) is 0 Å². The van der Waals surface area contributed by atoms with Crippen molar-refractivity contribution in [1.82, 2.24) is 0 Å². The van der Waals surface area contributed by atoms with Gasteiger partial charge in [-0.25, -0.2) is 4.18 Å². The zero-order valence-corrected chi connectivity index (χ0v) is 42.4. The highest BCUT2D eigenvalue weighted by Gasteiger charge is 2.48. The van der Waals surface area contributed by atoms with E-state index in [4.69, 9.17) is 18.9 Å².